The second-order valence-electron chi connectivity index (χ2n) is 8.40. The average molecular weight is 467 g/mol. The molecule has 2 amide bonds. The molecule has 1 atom stereocenters. The molecule has 0 N–H and O–H groups in total. The van der Waals surface area contributed by atoms with Gasteiger partial charge in [0.1, 0.15) is 0 Å². The maximum absolute atomic E-state index is 13.3. The summed E-state index contributed by atoms with van der Waals surface area (Å²) in [4.78, 5) is 29.4. The van der Waals surface area contributed by atoms with E-state index >= 15 is 0 Å². The zero-order chi connectivity index (χ0) is 23.4. The number of halogens is 1. The quantitative estimate of drug-likeness (QED) is 0.488. The summed E-state index contributed by atoms with van der Waals surface area (Å²) in [7, 11) is 0. The minimum atomic E-state index is -0.375. The third kappa shape index (κ3) is 5.42. The van der Waals surface area contributed by atoms with Gasteiger partial charge in [0.25, 0.3) is 0 Å². The van der Waals surface area contributed by atoms with Crippen LogP contribution in [-0.2, 0) is 22.7 Å². The lowest BCUT2D eigenvalue weighted by molar-refractivity contribution is -0.136. The zero-order valence-electron chi connectivity index (χ0n) is 18.8. The lowest BCUT2D eigenvalue weighted by Gasteiger charge is -2.24. The number of carbonyl (C=O) groups is 2. The van der Waals surface area contributed by atoms with E-state index in [-0.39, 0.29) is 30.7 Å². The molecule has 1 fully saturated rings. The highest BCUT2D eigenvalue weighted by Gasteiger charge is 2.36. The Morgan fingerprint density at radius 2 is 1.94 bits per heavy atom. The predicted octanol–water partition coefficient (Wildman–Crippen LogP) is 4.49. The van der Waals surface area contributed by atoms with E-state index in [1.165, 1.54) is 5.56 Å². The molecule has 8 heteroatoms. The number of likely N-dealkylation sites (tertiary alicyclic amines) is 1. The molecule has 0 radical (unpaired) electrons. The van der Waals surface area contributed by atoms with Gasteiger partial charge in [0.05, 0.1) is 23.0 Å². The predicted molar refractivity (Wildman–Crippen MR) is 125 cm³/mol. The fourth-order valence-corrected chi connectivity index (χ4v) is 4.24. The van der Waals surface area contributed by atoms with Gasteiger partial charge in [-0.2, -0.15) is 0 Å². The molecule has 2 heterocycles. The summed E-state index contributed by atoms with van der Waals surface area (Å²) >= 11 is 6.22. The molecular formula is C25H27ClN4O3. The topological polar surface area (TPSA) is 79.5 Å². The molecule has 1 aliphatic rings. The minimum Gasteiger partial charge on any atom is -0.419 e. The monoisotopic (exact) mass is 466 g/mol. The van der Waals surface area contributed by atoms with Crippen LogP contribution in [0.25, 0.3) is 11.5 Å². The SMILES string of the molecule is CCCN(Cc1nnc(-c2ccccc2Cl)o1)C(=O)C1CC(=O)N(Cc2ccc(C)cc2)C1. The molecule has 1 aliphatic heterocycles. The summed E-state index contributed by atoms with van der Waals surface area (Å²) in [6.45, 7) is 5.72. The minimum absolute atomic E-state index is 0.00386. The standard InChI is InChI=1S/C25H27ClN4O3/c1-3-12-29(16-22-27-28-24(33-22)20-6-4-5-7-21(20)26)25(32)19-13-23(31)30(15-19)14-18-10-8-17(2)9-11-18/h4-11,19H,3,12-16H2,1-2H3. The molecule has 0 spiro atoms. The number of rotatable bonds is 8. The van der Waals surface area contributed by atoms with Crippen molar-refractivity contribution in [3.05, 3.63) is 70.6 Å². The Labute approximate surface area is 198 Å². The summed E-state index contributed by atoms with van der Waals surface area (Å²) in [6, 6.07) is 15.3. The number of hydrogen-bond donors (Lipinski definition) is 0. The Bertz CT molecular complexity index is 1130. The van der Waals surface area contributed by atoms with Crippen molar-refractivity contribution in [3.8, 4) is 11.5 Å². The van der Waals surface area contributed by atoms with Crippen molar-refractivity contribution in [2.45, 2.75) is 39.8 Å². The molecule has 172 valence electrons. The number of hydrogen-bond acceptors (Lipinski definition) is 5. The molecule has 2 aromatic carbocycles. The second kappa shape index (κ2) is 10.2. The lowest BCUT2D eigenvalue weighted by atomic mass is 10.1. The van der Waals surface area contributed by atoms with Crippen LogP contribution in [0.4, 0.5) is 0 Å². The van der Waals surface area contributed by atoms with Crippen molar-refractivity contribution in [1.82, 2.24) is 20.0 Å². The van der Waals surface area contributed by atoms with Crippen LogP contribution in [0.5, 0.6) is 0 Å². The van der Waals surface area contributed by atoms with Crippen LogP contribution in [0, 0.1) is 12.8 Å². The number of aryl methyl sites for hydroxylation is 1. The van der Waals surface area contributed by atoms with Crippen LogP contribution in [0.15, 0.2) is 52.9 Å². The van der Waals surface area contributed by atoms with Gasteiger partial charge in [0, 0.05) is 26.1 Å². The van der Waals surface area contributed by atoms with Gasteiger partial charge in [-0.25, -0.2) is 0 Å². The van der Waals surface area contributed by atoms with Gasteiger partial charge in [0.2, 0.25) is 23.6 Å². The molecule has 3 aromatic rings. The van der Waals surface area contributed by atoms with Crippen molar-refractivity contribution in [2.24, 2.45) is 5.92 Å². The van der Waals surface area contributed by atoms with E-state index in [1.807, 2.05) is 50.2 Å². The van der Waals surface area contributed by atoms with E-state index in [4.69, 9.17) is 16.0 Å². The first-order chi connectivity index (χ1) is 15.9. The molecular weight excluding hydrogens is 440 g/mol. The average Bonchev–Trinajstić information content (AvgIpc) is 3.41. The first-order valence-corrected chi connectivity index (χ1v) is 11.5. The molecule has 1 saturated heterocycles. The fraction of sp³-hybridized carbons (Fsp3) is 0.360. The van der Waals surface area contributed by atoms with Crippen molar-refractivity contribution in [1.29, 1.82) is 0 Å². The highest BCUT2D eigenvalue weighted by atomic mass is 35.5. The Kier molecular flexibility index (Phi) is 7.08. The maximum Gasteiger partial charge on any atom is 0.249 e. The number of nitrogens with zero attached hydrogens (tertiary/aromatic N) is 4. The van der Waals surface area contributed by atoms with E-state index in [1.54, 1.807) is 21.9 Å². The highest BCUT2D eigenvalue weighted by Crippen LogP contribution is 2.27. The third-order valence-electron chi connectivity index (χ3n) is 5.76. The molecule has 1 unspecified atom stereocenters. The van der Waals surface area contributed by atoms with Crippen LogP contribution < -0.4 is 0 Å². The number of carbonyl (C=O) groups excluding carboxylic acids is 2. The van der Waals surface area contributed by atoms with E-state index in [9.17, 15) is 9.59 Å². The first-order valence-electron chi connectivity index (χ1n) is 11.1. The Morgan fingerprint density at radius 1 is 1.18 bits per heavy atom. The van der Waals surface area contributed by atoms with E-state index in [2.05, 4.69) is 10.2 Å². The van der Waals surface area contributed by atoms with Gasteiger partial charge in [-0.3, -0.25) is 9.59 Å². The maximum atomic E-state index is 13.3. The van der Waals surface area contributed by atoms with Gasteiger partial charge < -0.3 is 14.2 Å². The molecule has 7 nitrogen and oxygen atoms in total. The number of benzene rings is 2. The number of aromatic nitrogens is 2. The van der Waals surface area contributed by atoms with Crippen LogP contribution in [0.2, 0.25) is 5.02 Å². The summed E-state index contributed by atoms with van der Waals surface area (Å²) in [6.07, 6.45) is 1.00. The second-order valence-corrected chi connectivity index (χ2v) is 8.81. The smallest absolute Gasteiger partial charge is 0.249 e. The summed E-state index contributed by atoms with van der Waals surface area (Å²) < 4.78 is 5.79. The van der Waals surface area contributed by atoms with Gasteiger partial charge in [-0.05, 0) is 31.0 Å². The number of amides is 2. The van der Waals surface area contributed by atoms with E-state index in [0.29, 0.717) is 42.0 Å². The third-order valence-corrected chi connectivity index (χ3v) is 6.09. The Hall–Kier alpha value is -3.19. The lowest BCUT2D eigenvalue weighted by Crippen LogP contribution is -2.37. The molecule has 0 aliphatic carbocycles. The first kappa shape index (κ1) is 23.0. The van der Waals surface area contributed by atoms with Crippen LogP contribution in [-0.4, -0.2) is 44.9 Å². The van der Waals surface area contributed by atoms with Gasteiger partial charge in [0.15, 0.2) is 0 Å². The van der Waals surface area contributed by atoms with E-state index < -0.39 is 0 Å². The normalized spacial score (nSPS) is 15.8. The van der Waals surface area contributed by atoms with Crippen molar-refractivity contribution in [3.63, 3.8) is 0 Å². The summed E-state index contributed by atoms with van der Waals surface area (Å²) in [5.74, 6) is 0.228. The van der Waals surface area contributed by atoms with Gasteiger partial charge >= 0.3 is 0 Å². The van der Waals surface area contributed by atoms with Crippen molar-refractivity contribution in [2.75, 3.05) is 13.1 Å². The highest BCUT2D eigenvalue weighted by molar-refractivity contribution is 6.33. The van der Waals surface area contributed by atoms with Crippen LogP contribution in [0.3, 0.4) is 0 Å². The largest absolute Gasteiger partial charge is 0.419 e. The molecule has 4 rings (SSSR count). The molecule has 1 aromatic heterocycles. The summed E-state index contributed by atoms with van der Waals surface area (Å²) in [5.41, 5.74) is 2.89. The van der Waals surface area contributed by atoms with Crippen molar-refractivity contribution < 1.29 is 14.0 Å². The van der Waals surface area contributed by atoms with Gasteiger partial charge in [-0.1, -0.05) is 60.5 Å². The van der Waals surface area contributed by atoms with Crippen molar-refractivity contribution >= 4 is 23.4 Å². The van der Waals surface area contributed by atoms with Crippen LogP contribution >= 0.6 is 11.6 Å². The van der Waals surface area contributed by atoms with E-state index in [0.717, 1.165) is 12.0 Å². The Balaban J connectivity index is 1.42. The molecule has 0 bridgehead atoms. The van der Waals surface area contributed by atoms with Crippen LogP contribution in [0.1, 0.15) is 36.8 Å². The molecule has 0 saturated carbocycles. The molecule has 33 heavy (non-hydrogen) atoms. The Morgan fingerprint density at radius 3 is 2.67 bits per heavy atom. The fourth-order valence-electron chi connectivity index (χ4n) is 4.02. The zero-order valence-corrected chi connectivity index (χ0v) is 19.6. The van der Waals surface area contributed by atoms with Gasteiger partial charge in [-0.15, -0.1) is 10.2 Å². The summed E-state index contributed by atoms with van der Waals surface area (Å²) in [5, 5.41) is 8.72.